The summed E-state index contributed by atoms with van der Waals surface area (Å²) in [5, 5.41) is 25.5. The number of hydrogen-bond acceptors (Lipinski definition) is 10. The molecule has 46 heavy (non-hydrogen) atoms. The van der Waals surface area contributed by atoms with Crippen molar-refractivity contribution in [3.05, 3.63) is 125 Å². The van der Waals surface area contributed by atoms with Crippen LogP contribution in [0.25, 0.3) is 22.5 Å². The first-order valence-electron chi connectivity index (χ1n) is 14.8. The molecule has 9 nitrogen and oxygen atoms in total. The van der Waals surface area contributed by atoms with Crippen molar-refractivity contribution in [1.82, 2.24) is 19.9 Å². The van der Waals surface area contributed by atoms with Crippen LogP contribution in [0.5, 0.6) is 0 Å². The van der Waals surface area contributed by atoms with Crippen LogP contribution in [0.1, 0.15) is 41.4 Å². The molecule has 0 bridgehead atoms. The second kappa shape index (κ2) is 10.2. The second-order valence-corrected chi connectivity index (χ2v) is 12.1. The van der Waals surface area contributed by atoms with Crippen molar-refractivity contribution in [2.24, 2.45) is 4.99 Å². The highest BCUT2D eigenvalue weighted by Gasteiger charge is 2.42. The summed E-state index contributed by atoms with van der Waals surface area (Å²) in [6.45, 7) is 0. The molecule has 4 aliphatic rings. The third-order valence-electron chi connectivity index (χ3n) is 8.61. The molecule has 9 rings (SSSR count). The highest BCUT2D eigenvalue weighted by molar-refractivity contribution is 8.03. The van der Waals surface area contributed by atoms with Crippen molar-refractivity contribution in [1.29, 1.82) is 10.5 Å². The van der Waals surface area contributed by atoms with E-state index in [1.807, 2.05) is 42.5 Å². The van der Waals surface area contributed by atoms with Crippen LogP contribution in [-0.4, -0.2) is 25.6 Å². The molecule has 0 fully saturated rings. The molecule has 2 aliphatic heterocycles. The molecule has 2 aliphatic carbocycles. The van der Waals surface area contributed by atoms with Crippen molar-refractivity contribution in [3.8, 4) is 34.7 Å². The van der Waals surface area contributed by atoms with E-state index >= 15 is 0 Å². The van der Waals surface area contributed by atoms with Gasteiger partial charge in [0.05, 0.1) is 45.3 Å². The van der Waals surface area contributed by atoms with Crippen LogP contribution in [0.2, 0.25) is 0 Å². The molecule has 0 saturated carbocycles. The Balaban J connectivity index is 1.43. The van der Waals surface area contributed by atoms with Gasteiger partial charge in [0.2, 0.25) is 0 Å². The zero-order valence-electron chi connectivity index (χ0n) is 24.1. The van der Waals surface area contributed by atoms with Crippen LogP contribution in [0.15, 0.2) is 112 Å². The van der Waals surface area contributed by atoms with E-state index in [0.29, 0.717) is 51.1 Å². The number of anilines is 3. The van der Waals surface area contributed by atoms with Gasteiger partial charge in [-0.15, -0.1) is 0 Å². The van der Waals surface area contributed by atoms with Gasteiger partial charge in [-0.2, -0.15) is 10.5 Å². The van der Waals surface area contributed by atoms with Crippen molar-refractivity contribution >= 4 is 40.2 Å². The number of benzene rings is 3. The summed E-state index contributed by atoms with van der Waals surface area (Å²) in [6.07, 6.45) is 12.6. The fraction of sp³-hybridized carbons (Fsp3) is 0.0833. The molecule has 0 amide bonds. The van der Waals surface area contributed by atoms with Crippen molar-refractivity contribution in [2.75, 3.05) is 10.2 Å². The summed E-state index contributed by atoms with van der Waals surface area (Å²) in [6, 6.07) is 22.2. The highest BCUT2D eigenvalue weighted by Crippen LogP contribution is 2.58. The van der Waals surface area contributed by atoms with Gasteiger partial charge < -0.3 is 10.2 Å². The maximum absolute atomic E-state index is 10.9. The number of nitrogens with one attached hydrogen (secondary N) is 1. The Morgan fingerprint density at radius 3 is 2.39 bits per heavy atom. The zero-order valence-corrected chi connectivity index (χ0v) is 25.0. The minimum Gasteiger partial charge on any atom is -0.368 e. The Morgan fingerprint density at radius 1 is 0.826 bits per heavy atom. The Kier molecular flexibility index (Phi) is 5.85. The van der Waals surface area contributed by atoms with E-state index in [1.54, 1.807) is 36.5 Å². The maximum atomic E-state index is 10.9. The van der Waals surface area contributed by atoms with E-state index in [0.717, 1.165) is 39.6 Å². The summed E-state index contributed by atoms with van der Waals surface area (Å²) in [5.41, 5.74) is 8.91. The second-order valence-electron chi connectivity index (χ2n) is 11.1. The van der Waals surface area contributed by atoms with Crippen LogP contribution in [-0.2, 0) is 0 Å². The number of para-hydroxylation sites is 1. The first-order chi connectivity index (χ1) is 22.8. The molecule has 5 aromatic rings. The average Bonchev–Trinajstić information content (AvgIpc) is 3.12. The SMILES string of the molecule is N#Cc1c(C#N)c(N2C3=C(C=CCC3)Sc3ccccc32)c2c(c1-c1ccccc1)N=C1c3nccnc3-c3nccnc3C1N2. The number of aromatic nitrogens is 4. The summed E-state index contributed by atoms with van der Waals surface area (Å²) in [7, 11) is 0. The van der Waals surface area contributed by atoms with Crippen molar-refractivity contribution < 1.29 is 0 Å². The van der Waals surface area contributed by atoms with E-state index in [9.17, 15) is 10.5 Å². The lowest BCUT2D eigenvalue weighted by Gasteiger charge is -2.40. The predicted molar refractivity (Wildman–Crippen MR) is 177 cm³/mol. The molecule has 1 atom stereocenters. The van der Waals surface area contributed by atoms with E-state index in [1.165, 1.54) is 0 Å². The van der Waals surface area contributed by atoms with Gasteiger partial charge in [0.1, 0.15) is 35.3 Å². The Morgan fingerprint density at radius 2 is 1.57 bits per heavy atom. The van der Waals surface area contributed by atoms with Crippen molar-refractivity contribution in [3.63, 3.8) is 0 Å². The number of nitrogens with zero attached hydrogens (tertiary/aromatic N) is 8. The Hall–Kier alpha value is -6.10. The highest BCUT2D eigenvalue weighted by atomic mass is 32.2. The number of hydrogen-bond donors (Lipinski definition) is 1. The maximum Gasteiger partial charge on any atom is 0.118 e. The predicted octanol–water partition coefficient (Wildman–Crippen LogP) is 7.75. The first kappa shape index (κ1) is 26.3. The van der Waals surface area contributed by atoms with Crippen LogP contribution < -0.4 is 10.2 Å². The number of thioether (sulfide) groups is 1. The van der Waals surface area contributed by atoms with Crippen LogP contribution in [0.4, 0.5) is 22.7 Å². The number of aliphatic imine (C=N–C) groups is 1. The summed E-state index contributed by atoms with van der Waals surface area (Å²) in [5.74, 6) is 0. The van der Waals surface area contributed by atoms with Gasteiger partial charge in [-0.3, -0.25) is 19.9 Å². The lowest BCUT2D eigenvalue weighted by molar-refractivity contribution is 0.889. The number of nitriles is 2. The molecule has 0 spiro atoms. The van der Waals surface area contributed by atoms with Crippen LogP contribution in [0, 0.1) is 22.7 Å². The van der Waals surface area contributed by atoms with Crippen LogP contribution >= 0.6 is 11.8 Å². The summed E-state index contributed by atoms with van der Waals surface area (Å²) < 4.78 is 0. The van der Waals surface area contributed by atoms with Gasteiger partial charge in [-0.05, 0) is 30.5 Å². The topological polar surface area (TPSA) is 127 Å². The first-order valence-corrected chi connectivity index (χ1v) is 15.6. The van der Waals surface area contributed by atoms with Gasteiger partial charge in [0.25, 0.3) is 0 Å². The van der Waals surface area contributed by atoms with Gasteiger partial charge in [-0.1, -0.05) is 66.4 Å². The molecule has 216 valence electrons. The van der Waals surface area contributed by atoms with Crippen LogP contribution in [0.3, 0.4) is 0 Å². The molecule has 10 heteroatoms. The van der Waals surface area contributed by atoms with Gasteiger partial charge in [0.15, 0.2) is 0 Å². The normalized spacial score (nSPS) is 16.7. The largest absolute Gasteiger partial charge is 0.368 e. The fourth-order valence-electron chi connectivity index (χ4n) is 6.72. The zero-order chi connectivity index (χ0) is 30.8. The van der Waals surface area contributed by atoms with E-state index in [-0.39, 0.29) is 11.1 Å². The standard InChI is InChI=1S/C36H21N9S/c37-18-21-22(19-38)36(45-23-10-4-6-12-25(23)46-26-13-7-5-11-24(26)45)35-28(27(21)20-8-2-1-3-9-20)43-33-31-29(39-14-16-41-31)30-32(34(33)44-35)42-17-15-40-30/h1-4,6-10,12-17,34,44H,5,11H2. The summed E-state index contributed by atoms with van der Waals surface area (Å²) >= 11 is 1.72. The smallest absolute Gasteiger partial charge is 0.118 e. The van der Waals surface area contributed by atoms with Gasteiger partial charge in [-0.25, -0.2) is 4.99 Å². The third kappa shape index (κ3) is 3.71. The Labute approximate surface area is 268 Å². The van der Waals surface area contributed by atoms with Crippen molar-refractivity contribution in [2.45, 2.75) is 23.8 Å². The van der Waals surface area contributed by atoms with Gasteiger partial charge in [0, 0.05) is 45.8 Å². The lowest BCUT2D eigenvalue weighted by atomic mass is 9.86. The molecule has 0 saturated heterocycles. The molecular formula is C36H21N9S. The minimum atomic E-state index is -0.517. The monoisotopic (exact) mass is 611 g/mol. The molecule has 1 N–H and O–H groups in total. The van der Waals surface area contributed by atoms with Gasteiger partial charge >= 0.3 is 0 Å². The minimum absolute atomic E-state index is 0.270. The molecule has 4 heterocycles. The molecule has 3 aromatic carbocycles. The number of rotatable bonds is 2. The average molecular weight is 612 g/mol. The van der Waals surface area contributed by atoms with E-state index < -0.39 is 6.04 Å². The molecule has 0 radical (unpaired) electrons. The lowest BCUT2D eigenvalue weighted by Crippen LogP contribution is -2.33. The van der Waals surface area contributed by atoms with E-state index in [2.05, 4.69) is 56.6 Å². The number of allylic oxidation sites excluding steroid dienone is 3. The molecular weight excluding hydrogens is 591 g/mol. The molecule has 2 aromatic heterocycles. The summed E-state index contributed by atoms with van der Waals surface area (Å²) in [4.78, 5) is 28.4. The Bertz CT molecular complexity index is 2310. The molecule has 1 unspecified atom stereocenters. The fourth-order valence-corrected chi connectivity index (χ4v) is 7.84. The third-order valence-corrected chi connectivity index (χ3v) is 9.77. The number of fused-ring (bicyclic) bond motifs is 8. The quantitative estimate of drug-likeness (QED) is 0.213. The van der Waals surface area contributed by atoms with E-state index in [4.69, 9.17) is 15.0 Å².